The molecule has 0 saturated carbocycles. The average molecular weight is 301 g/mol. The second kappa shape index (κ2) is 4.78. The lowest BCUT2D eigenvalue weighted by Crippen LogP contribution is -2.64. The number of hydrogen-bond donors (Lipinski definition) is 1. The standard InChI is InChI=1S/C9H11F8NO/c1-6(2,3)18-5(19)8(14,15)9(16,17)7(12,13)4(10)11/h4H,1-3H3,(H,18,19). The van der Waals surface area contributed by atoms with E-state index in [9.17, 15) is 39.9 Å². The maximum Gasteiger partial charge on any atom is 0.392 e. The lowest BCUT2D eigenvalue weighted by Gasteiger charge is -2.33. The van der Waals surface area contributed by atoms with Crippen LogP contribution < -0.4 is 5.32 Å². The van der Waals surface area contributed by atoms with Crippen LogP contribution in [0.15, 0.2) is 0 Å². The van der Waals surface area contributed by atoms with E-state index in [1.807, 2.05) is 0 Å². The van der Waals surface area contributed by atoms with Gasteiger partial charge >= 0.3 is 24.2 Å². The molecule has 0 unspecified atom stereocenters. The van der Waals surface area contributed by atoms with Crippen LogP contribution >= 0.6 is 0 Å². The van der Waals surface area contributed by atoms with Crippen LogP contribution in [0.4, 0.5) is 35.1 Å². The van der Waals surface area contributed by atoms with Gasteiger partial charge in [0.15, 0.2) is 0 Å². The van der Waals surface area contributed by atoms with Crippen molar-refractivity contribution < 1.29 is 39.9 Å². The third kappa shape index (κ3) is 3.27. The Balaban J connectivity index is 5.46. The lowest BCUT2D eigenvalue weighted by molar-refractivity contribution is -0.328. The fourth-order valence-corrected chi connectivity index (χ4v) is 0.908. The third-order valence-corrected chi connectivity index (χ3v) is 1.86. The van der Waals surface area contributed by atoms with E-state index in [1.165, 1.54) is 5.32 Å². The highest BCUT2D eigenvalue weighted by molar-refractivity contribution is 5.85. The molecule has 0 aliphatic carbocycles. The minimum atomic E-state index is -6.52. The van der Waals surface area contributed by atoms with Crippen LogP contribution in [0.5, 0.6) is 0 Å². The number of alkyl halides is 8. The Morgan fingerprint density at radius 3 is 1.58 bits per heavy atom. The number of carbonyl (C=O) groups is 1. The molecule has 10 heteroatoms. The van der Waals surface area contributed by atoms with Gasteiger partial charge < -0.3 is 5.32 Å². The largest absolute Gasteiger partial charge is 0.392 e. The second-order valence-electron chi connectivity index (χ2n) is 4.78. The molecule has 0 aromatic heterocycles. The molecule has 0 bridgehead atoms. The molecule has 0 rings (SSSR count). The molecule has 0 fully saturated rings. The van der Waals surface area contributed by atoms with E-state index >= 15 is 0 Å². The molecule has 0 heterocycles. The molecule has 0 aliphatic heterocycles. The molecule has 0 aromatic rings. The molecule has 0 spiro atoms. The van der Waals surface area contributed by atoms with Crippen LogP contribution in [-0.4, -0.2) is 35.6 Å². The van der Waals surface area contributed by atoms with Crippen molar-refractivity contribution in [3.63, 3.8) is 0 Å². The summed E-state index contributed by atoms with van der Waals surface area (Å²) in [4.78, 5) is 10.9. The van der Waals surface area contributed by atoms with Crippen molar-refractivity contribution >= 4 is 5.91 Å². The van der Waals surface area contributed by atoms with Crippen LogP contribution in [0.25, 0.3) is 0 Å². The first-order chi connectivity index (χ1) is 8.07. The summed E-state index contributed by atoms with van der Waals surface area (Å²) in [6, 6.07) is 0. The highest BCUT2D eigenvalue weighted by Gasteiger charge is 2.78. The first kappa shape index (κ1) is 17.9. The highest BCUT2D eigenvalue weighted by Crippen LogP contribution is 2.48. The van der Waals surface area contributed by atoms with Crippen molar-refractivity contribution in [1.82, 2.24) is 5.32 Å². The summed E-state index contributed by atoms with van der Waals surface area (Å²) in [6.45, 7) is 3.35. The summed E-state index contributed by atoms with van der Waals surface area (Å²) in [5, 5.41) is 1.33. The van der Waals surface area contributed by atoms with E-state index in [-0.39, 0.29) is 0 Å². The molecular formula is C9H11F8NO. The zero-order chi connectivity index (χ0) is 15.9. The van der Waals surface area contributed by atoms with Gasteiger partial charge in [0.1, 0.15) is 0 Å². The maximum absolute atomic E-state index is 13.0. The van der Waals surface area contributed by atoms with Crippen molar-refractivity contribution in [3.05, 3.63) is 0 Å². The minimum Gasteiger partial charge on any atom is -0.346 e. The van der Waals surface area contributed by atoms with Gasteiger partial charge in [-0.05, 0) is 20.8 Å². The zero-order valence-corrected chi connectivity index (χ0v) is 10.0. The Labute approximate surface area is 103 Å². The van der Waals surface area contributed by atoms with E-state index in [4.69, 9.17) is 0 Å². The fourth-order valence-electron chi connectivity index (χ4n) is 0.908. The topological polar surface area (TPSA) is 29.1 Å². The van der Waals surface area contributed by atoms with Crippen LogP contribution in [0.3, 0.4) is 0 Å². The van der Waals surface area contributed by atoms with Gasteiger partial charge in [-0.3, -0.25) is 4.79 Å². The average Bonchev–Trinajstić information content (AvgIpc) is 2.13. The zero-order valence-electron chi connectivity index (χ0n) is 10.0. The van der Waals surface area contributed by atoms with Gasteiger partial charge in [-0.2, -0.15) is 26.3 Å². The van der Waals surface area contributed by atoms with Gasteiger partial charge in [-0.15, -0.1) is 0 Å². The second-order valence-corrected chi connectivity index (χ2v) is 4.78. The molecule has 0 aliphatic rings. The molecular weight excluding hydrogens is 290 g/mol. The van der Waals surface area contributed by atoms with Gasteiger partial charge in [-0.25, -0.2) is 8.78 Å². The SMILES string of the molecule is CC(C)(C)NC(=O)C(F)(F)C(F)(F)C(F)(F)C(F)F. The minimum absolute atomic E-state index is 1.12. The molecule has 1 amide bonds. The van der Waals surface area contributed by atoms with E-state index in [0.717, 1.165) is 20.8 Å². The Bertz CT molecular complexity index is 347. The van der Waals surface area contributed by atoms with Crippen molar-refractivity contribution in [3.8, 4) is 0 Å². The van der Waals surface area contributed by atoms with Gasteiger partial charge in [0.25, 0.3) is 5.91 Å². The van der Waals surface area contributed by atoms with Crippen LogP contribution in [-0.2, 0) is 4.79 Å². The van der Waals surface area contributed by atoms with Gasteiger partial charge in [-0.1, -0.05) is 0 Å². The van der Waals surface area contributed by atoms with Crippen molar-refractivity contribution in [1.29, 1.82) is 0 Å². The van der Waals surface area contributed by atoms with Crippen LogP contribution in [0.1, 0.15) is 20.8 Å². The maximum atomic E-state index is 13.0. The van der Waals surface area contributed by atoms with Gasteiger partial charge in [0.2, 0.25) is 0 Å². The van der Waals surface area contributed by atoms with Crippen LogP contribution in [0, 0.1) is 0 Å². The summed E-state index contributed by atoms with van der Waals surface area (Å²) in [5.74, 6) is -21.6. The highest BCUT2D eigenvalue weighted by atomic mass is 19.4. The lowest BCUT2D eigenvalue weighted by atomic mass is 10.0. The van der Waals surface area contributed by atoms with E-state index in [2.05, 4.69) is 0 Å². The monoisotopic (exact) mass is 301 g/mol. The first-order valence-corrected chi connectivity index (χ1v) is 4.81. The van der Waals surface area contributed by atoms with E-state index < -0.39 is 35.6 Å². The van der Waals surface area contributed by atoms with Gasteiger partial charge in [0, 0.05) is 5.54 Å². The molecule has 0 aromatic carbocycles. The molecule has 2 nitrogen and oxygen atoms in total. The molecule has 0 radical (unpaired) electrons. The molecule has 1 N–H and O–H groups in total. The summed E-state index contributed by atoms with van der Waals surface area (Å²) in [7, 11) is 0. The fraction of sp³-hybridized carbons (Fsp3) is 0.889. The summed E-state index contributed by atoms with van der Waals surface area (Å²) < 4.78 is 100. The molecule has 0 saturated heterocycles. The number of amides is 1. The van der Waals surface area contributed by atoms with E-state index in [0.29, 0.717) is 0 Å². The third-order valence-electron chi connectivity index (χ3n) is 1.86. The summed E-state index contributed by atoms with van der Waals surface area (Å²) in [5.41, 5.74) is -1.43. The van der Waals surface area contributed by atoms with Crippen molar-refractivity contribution in [2.75, 3.05) is 0 Å². The van der Waals surface area contributed by atoms with Crippen molar-refractivity contribution in [2.24, 2.45) is 0 Å². The number of halogens is 8. The Morgan fingerprint density at radius 1 is 0.947 bits per heavy atom. The normalized spacial score (nSPS) is 14.7. The Kier molecular flexibility index (Phi) is 4.51. The quantitative estimate of drug-likeness (QED) is 0.794. The summed E-state index contributed by atoms with van der Waals surface area (Å²) >= 11 is 0. The Hall–Kier alpha value is -1.09. The molecule has 114 valence electrons. The number of nitrogens with one attached hydrogen (secondary N) is 1. The van der Waals surface area contributed by atoms with Gasteiger partial charge in [0.05, 0.1) is 0 Å². The predicted molar refractivity (Wildman–Crippen MR) is 48.7 cm³/mol. The number of hydrogen-bond acceptors (Lipinski definition) is 1. The van der Waals surface area contributed by atoms with E-state index in [1.54, 1.807) is 0 Å². The Morgan fingerprint density at radius 2 is 1.32 bits per heavy atom. The van der Waals surface area contributed by atoms with Crippen molar-refractivity contribution in [2.45, 2.75) is 50.5 Å². The van der Waals surface area contributed by atoms with Crippen LogP contribution in [0.2, 0.25) is 0 Å². The first-order valence-electron chi connectivity index (χ1n) is 4.81. The molecule has 0 atom stereocenters. The summed E-state index contributed by atoms with van der Waals surface area (Å²) in [6.07, 6.45) is -5.05. The molecule has 19 heavy (non-hydrogen) atoms. The predicted octanol–water partition coefficient (Wildman–Crippen LogP) is 3.07. The number of rotatable bonds is 4. The smallest absolute Gasteiger partial charge is 0.346 e. The number of carbonyl (C=O) groups excluding carboxylic acids is 1.